The molecule has 0 radical (unpaired) electrons. The van der Waals surface area contributed by atoms with Crippen LogP contribution in [-0.4, -0.2) is 23.2 Å². The van der Waals surface area contributed by atoms with Crippen LogP contribution >= 0.6 is 23.4 Å². The van der Waals surface area contributed by atoms with Gasteiger partial charge in [0.1, 0.15) is 0 Å². The SMILES string of the molecule is CCCN1c2cc(Cl)c(/C=C3/SC(=Nc4ccc(C)cc4C)NC3=O)cc2C(C)=CC1(C)C. The van der Waals surface area contributed by atoms with Crippen LogP contribution in [0.2, 0.25) is 5.02 Å². The number of thioether (sulfide) groups is 1. The van der Waals surface area contributed by atoms with Gasteiger partial charge in [0.25, 0.3) is 5.91 Å². The summed E-state index contributed by atoms with van der Waals surface area (Å²) < 4.78 is 0. The number of benzene rings is 2. The summed E-state index contributed by atoms with van der Waals surface area (Å²) in [5.41, 5.74) is 7.42. The molecule has 4 nitrogen and oxygen atoms in total. The van der Waals surface area contributed by atoms with Gasteiger partial charge < -0.3 is 10.2 Å². The third-order valence-corrected chi connectivity index (χ3v) is 7.29. The summed E-state index contributed by atoms with van der Waals surface area (Å²) in [4.78, 5) is 20.3. The van der Waals surface area contributed by atoms with Crippen molar-refractivity contribution in [1.82, 2.24) is 5.32 Å². The smallest absolute Gasteiger partial charge is 0.264 e. The second kappa shape index (κ2) is 9.03. The zero-order valence-electron chi connectivity index (χ0n) is 20.0. The van der Waals surface area contributed by atoms with E-state index in [1.54, 1.807) is 0 Å². The monoisotopic (exact) mass is 479 g/mol. The van der Waals surface area contributed by atoms with Crippen molar-refractivity contribution >= 4 is 57.5 Å². The van der Waals surface area contributed by atoms with Crippen molar-refractivity contribution in [3.63, 3.8) is 0 Å². The number of nitrogens with zero attached hydrogens (tertiary/aromatic N) is 2. The molecule has 1 fully saturated rings. The van der Waals surface area contributed by atoms with Crippen molar-refractivity contribution in [1.29, 1.82) is 0 Å². The van der Waals surface area contributed by atoms with Crippen LogP contribution in [0.5, 0.6) is 0 Å². The molecule has 2 aliphatic heterocycles. The molecule has 2 aliphatic rings. The molecule has 0 atom stereocenters. The first-order valence-electron chi connectivity index (χ1n) is 11.3. The molecule has 0 aromatic heterocycles. The fraction of sp³-hybridized carbons (Fsp3) is 0.333. The molecule has 2 aromatic rings. The summed E-state index contributed by atoms with van der Waals surface area (Å²) in [6.45, 7) is 13.8. The number of carbonyl (C=O) groups excluding carboxylic acids is 1. The lowest BCUT2D eigenvalue weighted by Crippen LogP contribution is -2.45. The van der Waals surface area contributed by atoms with E-state index in [-0.39, 0.29) is 11.4 Å². The van der Waals surface area contributed by atoms with E-state index in [9.17, 15) is 4.79 Å². The zero-order valence-corrected chi connectivity index (χ0v) is 21.6. The summed E-state index contributed by atoms with van der Waals surface area (Å²) in [7, 11) is 0. The van der Waals surface area contributed by atoms with Gasteiger partial charge in [0.2, 0.25) is 0 Å². The topological polar surface area (TPSA) is 44.7 Å². The Morgan fingerprint density at radius 2 is 1.94 bits per heavy atom. The number of aliphatic imine (C=N–C) groups is 1. The number of anilines is 1. The highest BCUT2D eigenvalue weighted by Gasteiger charge is 2.31. The van der Waals surface area contributed by atoms with E-state index < -0.39 is 0 Å². The first-order valence-corrected chi connectivity index (χ1v) is 12.5. The van der Waals surface area contributed by atoms with E-state index in [0.717, 1.165) is 41.0 Å². The Hall–Kier alpha value is -2.50. The maximum Gasteiger partial charge on any atom is 0.264 e. The van der Waals surface area contributed by atoms with E-state index in [1.807, 2.05) is 31.2 Å². The van der Waals surface area contributed by atoms with Crippen molar-refractivity contribution < 1.29 is 4.79 Å². The number of amides is 1. The lowest BCUT2D eigenvalue weighted by molar-refractivity contribution is -0.115. The highest BCUT2D eigenvalue weighted by atomic mass is 35.5. The maximum absolute atomic E-state index is 12.7. The first-order chi connectivity index (χ1) is 15.6. The minimum Gasteiger partial charge on any atom is -0.362 e. The molecule has 1 N–H and O–H groups in total. The largest absolute Gasteiger partial charge is 0.362 e. The number of aryl methyl sites for hydroxylation is 2. The van der Waals surface area contributed by atoms with Gasteiger partial charge in [0.05, 0.1) is 16.1 Å². The molecule has 0 bridgehead atoms. The lowest BCUT2D eigenvalue weighted by Gasteiger charge is -2.43. The van der Waals surface area contributed by atoms with Crippen molar-refractivity contribution in [2.75, 3.05) is 11.4 Å². The van der Waals surface area contributed by atoms with Crippen LogP contribution in [-0.2, 0) is 4.79 Å². The average molecular weight is 480 g/mol. The predicted octanol–water partition coefficient (Wildman–Crippen LogP) is 7.26. The number of nitrogens with one attached hydrogen (secondary N) is 1. The summed E-state index contributed by atoms with van der Waals surface area (Å²) >= 11 is 8.08. The summed E-state index contributed by atoms with van der Waals surface area (Å²) in [5, 5.41) is 4.11. The van der Waals surface area contributed by atoms with Gasteiger partial charge in [-0.1, -0.05) is 42.3 Å². The highest BCUT2D eigenvalue weighted by Crippen LogP contribution is 2.42. The molecular formula is C27H30ClN3OS. The number of carbonyl (C=O) groups is 1. The Kier molecular flexibility index (Phi) is 6.47. The normalized spacial score (nSPS) is 19.7. The summed E-state index contributed by atoms with van der Waals surface area (Å²) in [6.07, 6.45) is 5.23. The van der Waals surface area contributed by atoms with Crippen LogP contribution < -0.4 is 10.2 Å². The molecule has 0 saturated carbocycles. The van der Waals surface area contributed by atoms with E-state index in [1.165, 1.54) is 22.9 Å². The molecule has 6 heteroatoms. The van der Waals surface area contributed by atoms with Crippen LogP contribution in [0.3, 0.4) is 0 Å². The van der Waals surface area contributed by atoms with Crippen molar-refractivity contribution in [3.05, 3.63) is 68.6 Å². The Morgan fingerprint density at radius 3 is 2.64 bits per heavy atom. The number of amidine groups is 1. The minimum atomic E-state index is -0.154. The standard InChI is InChI=1S/C27H30ClN3OS/c1-7-10-31-23-14-21(28)19(12-20(23)18(4)15-27(31,5)6)13-24-25(32)30-26(33-24)29-22-9-8-16(2)11-17(22)3/h8-9,11-15H,7,10H2,1-6H3,(H,29,30,32)/b24-13+. The number of halogens is 1. The van der Waals surface area contributed by atoms with E-state index in [0.29, 0.717) is 15.1 Å². The number of fused-ring (bicyclic) bond motifs is 1. The summed E-state index contributed by atoms with van der Waals surface area (Å²) in [5.74, 6) is -0.154. The first kappa shape index (κ1) is 23.7. The Balaban J connectivity index is 1.68. The molecule has 4 rings (SSSR count). The van der Waals surface area contributed by atoms with Gasteiger partial charge in [-0.25, -0.2) is 4.99 Å². The molecule has 172 valence electrons. The van der Waals surface area contributed by atoms with Gasteiger partial charge in [-0.2, -0.15) is 0 Å². The van der Waals surface area contributed by atoms with Gasteiger partial charge in [-0.3, -0.25) is 4.79 Å². The van der Waals surface area contributed by atoms with Crippen molar-refractivity contribution in [2.45, 2.75) is 53.5 Å². The molecule has 33 heavy (non-hydrogen) atoms. The predicted molar refractivity (Wildman–Crippen MR) is 144 cm³/mol. The second-order valence-electron chi connectivity index (χ2n) is 9.30. The van der Waals surface area contributed by atoms with E-state index >= 15 is 0 Å². The number of rotatable bonds is 4. The van der Waals surface area contributed by atoms with Crippen LogP contribution in [0, 0.1) is 13.8 Å². The quantitative estimate of drug-likeness (QED) is 0.469. The fourth-order valence-corrected chi connectivity index (χ4v) is 5.56. The second-order valence-corrected chi connectivity index (χ2v) is 10.7. The Bertz CT molecular complexity index is 1230. The maximum atomic E-state index is 12.7. The molecule has 0 unspecified atom stereocenters. The van der Waals surface area contributed by atoms with E-state index in [4.69, 9.17) is 11.6 Å². The van der Waals surface area contributed by atoms with Gasteiger partial charge in [0, 0.05) is 22.8 Å². The number of hydrogen-bond acceptors (Lipinski definition) is 4. The number of allylic oxidation sites excluding steroid dienone is 1. The van der Waals surface area contributed by atoms with Gasteiger partial charge in [0.15, 0.2) is 5.17 Å². The summed E-state index contributed by atoms with van der Waals surface area (Å²) in [6, 6.07) is 10.2. The van der Waals surface area contributed by atoms with Crippen molar-refractivity contribution in [2.24, 2.45) is 4.99 Å². The van der Waals surface area contributed by atoms with Gasteiger partial charge in [-0.05, 0) is 93.8 Å². The molecule has 1 amide bonds. The molecule has 1 saturated heterocycles. The van der Waals surface area contributed by atoms with Crippen LogP contribution in [0.1, 0.15) is 56.4 Å². The molecule has 2 heterocycles. The fourth-order valence-electron chi connectivity index (χ4n) is 4.52. The van der Waals surface area contributed by atoms with Gasteiger partial charge in [-0.15, -0.1) is 0 Å². The van der Waals surface area contributed by atoms with Gasteiger partial charge >= 0.3 is 0 Å². The Labute approximate surface area is 205 Å². The van der Waals surface area contributed by atoms with Crippen LogP contribution in [0.15, 0.2) is 46.3 Å². The van der Waals surface area contributed by atoms with Crippen molar-refractivity contribution in [3.8, 4) is 0 Å². The average Bonchev–Trinajstić information content (AvgIpc) is 3.07. The molecule has 2 aromatic carbocycles. The number of hydrogen-bond donors (Lipinski definition) is 1. The Morgan fingerprint density at radius 1 is 1.18 bits per heavy atom. The lowest BCUT2D eigenvalue weighted by atomic mass is 9.87. The zero-order chi connectivity index (χ0) is 23.9. The molecular weight excluding hydrogens is 450 g/mol. The third-order valence-electron chi connectivity index (χ3n) is 6.06. The molecule has 0 aliphatic carbocycles. The third kappa shape index (κ3) is 4.75. The van der Waals surface area contributed by atoms with Crippen LogP contribution in [0.25, 0.3) is 11.6 Å². The van der Waals surface area contributed by atoms with E-state index in [2.05, 4.69) is 68.0 Å². The molecule has 0 spiro atoms. The van der Waals surface area contributed by atoms with Crippen LogP contribution in [0.4, 0.5) is 11.4 Å². The minimum absolute atomic E-state index is 0.0724. The highest BCUT2D eigenvalue weighted by molar-refractivity contribution is 8.18.